The van der Waals surface area contributed by atoms with Crippen LogP contribution in [-0.2, 0) is 4.79 Å². The lowest BCUT2D eigenvalue weighted by atomic mass is 10.1. The van der Waals surface area contributed by atoms with Gasteiger partial charge in [0.1, 0.15) is 0 Å². The highest BCUT2D eigenvalue weighted by Crippen LogP contribution is 2.35. The van der Waals surface area contributed by atoms with E-state index in [0.29, 0.717) is 17.2 Å². The van der Waals surface area contributed by atoms with E-state index < -0.39 is 12.5 Å². The van der Waals surface area contributed by atoms with Crippen LogP contribution in [0.5, 0.6) is 23.0 Å². The monoisotopic (exact) mass is 363 g/mol. The summed E-state index contributed by atoms with van der Waals surface area (Å²) in [4.78, 5) is 12.1. The van der Waals surface area contributed by atoms with Crippen molar-refractivity contribution in [1.82, 2.24) is 0 Å². The maximum Gasteiger partial charge on any atom is 0.387 e. The van der Waals surface area contributed by atoms with Crippen molar-refractivity contribution in [2.24, 2.45) is 0 Å². The molecule has 1 aliphatic heterocycles. The lowest BCUT2D eigenvalue weighted by molar-refractivity contribution is -0.111. The molecule has 8 heteroatoms. The van der Waals surface area contributed by atoms with Gasteiger partial charge in [-0.2, -0.15) is 8.78 Å². The van der Waals surface area contributed by atoms with E-state index in [2.05, 4.69) is 10.1 Å². The Morgan fingerprint density at radius 1 is 1.23 bits per heavy atom. The van der Waals surface area contributed by atoms with Gasteiger partial charge in [-0.25, -0.2) is 0 Å². The molecular weight excluding hydrogens is 348 g/mol. The SMILES string of the molecule is COc1cccc(/C=C/C(=O)Nc2ccc3c(c2)OCO3)c1OC(F)F. The number of ether oxygens (including phenoxy) is 4. The van der Waals surface area contributed by atoms with E-state index >= 15 is 0 Å². The summed E-state index contributed by atoms with van der Waals surface area (Å²) < 4.78 is 45.2. The Morgan fingerprint density at radius 2 is 2.04 bits per heavy atom. The van der Waals surface area contributed by atoms with E-state index in [1.54, 1.807) is 24.3 Å². The maximum absolute atomic E-state index is 12.6. The van der Waals surface area contributed by atoms with Crippen molar-refractivity contribution in [3.8, 4) is 23.0 Å². The van der Waals surface area contributed by atoms with Crippen molar-refractivity contribution in [1.29, 1.82) is 0 Å². The van der Waals surface area contributed by atoms with Gasteiger partial charge < -0.3 is 24.3 Å². The number of nitrogens with one attached hydrogen (secondary N) is 1. The molecule has 1 N–H and O–H groups in total. The van der Waals surface area contributed by atoms with Crippen molar-refractivity contribution in [2.75, 3.05) is 19.2 Å². The summed E-state index contributed by atoms with van der Waals surface area (Å²) in [5.74, 6) is 0.686. The van der Waals surface area contributed by atoms with Gasteiger partial charge in [-0.05, 0) is 24.3 Å². The number of hydrogen-bond donors (Lipinski definition) is 1. The molecule has 0 aromatic heterocycles. The summed E-state index contributed by atoms with van der Waals surface area (Å²) in [7, 11) is 1.34. The second-order valence-corrected chi connectivity index (χ2v) is 5.15. The first-order valence-electron chi connectivity index (χ1n) is 7.57. The Hall–Kier alpha value is -3.29. The number of fused-ring (bicyclic) bond motifs is 1. The molecule has 0 radical (unpaired) electrons. The highest BCUT2D eigenvalue weighted by atomic mass is 19.3. The minimum absolute atomic E-state index is 0.134. The van der Waals surface area contributed by atoms with E-state index in [9.17, 15) is 13.6 Å². The molecular formula is C18H15F2NO5. The molecule has 0 saturated carbocycles. The molecule has 1 aliphatic rings. The van der Waals surface area contributed by atoms with Crippen LogP contribution in [0.15, 0.2) is 42.5 Å². The van der Waals surface area contributed by atoms with E-state index in [-0.39, 0.29) is 23.9 Å². The summed E-state index contributed by atoms with van der Waals surface area (Å²) in [5.41, 5.74) is 0.795. The van der Waals surface area contributed by atoms with Gasteiger partial charge in [-0.1, -0.05) is 12.1 Å². The molecule has 3 rings (SSSR count). The van der Waals surface area contributed by atoms with Gasteiger partial charge in [0, 0.05) is 23.4 Å². The Labute approximate surface area is 147 Å². The molecule has 136 valence electrons. The van der Waals surface area contributed by atoms with Crippen molar-refractivity contribution >= 4 is 17.7 Å². The van der Waals surface area contributed by atoms with Gasteiger partial charge >= 0.3 is 6.61 Å². The Morgan fingerprint density at radius 3 is 2.81 bits per heavy atom. The fourth-order valence-corrected chi connectivity index (χ4v) is 2.36. The number of benzene rings is 2. The zero-order valence-corrected chi connectivity index (χ0v) is 13.7. The summed E-state index contributed by atoms with van der Waals surface area (Å²) in [6.07, 6.45) is 2.57. The summed E-state index contributed by atoms with van der Waals surface area (Å²) >= 11 is 0. The zero-order valence-electron chi connectivity index (χ0n) is 13.7. The predicted octanol–water partition coefficient (Wildman–Crippen LogP) is 3.68. The molecule has 6 nitrogen and oxygen atoms in total. The quantitative estimate of drug-likeness (QED) is 0.793. The highest BCUT2D eigenvalue weighted by Gasteiger charge is 2.15. The largest absolute Gasteiger partial charge is 0.493 e. The Bertz CT molecular complexity index is 838. The van der Waals surface area contributed by atoms with Crippen LogP contribution in [0.4, 0.5) is 14.5 Å². The normalized spacial score (nSPS) is 12.5. The van der Waals surface area contributed by atoms with E-state index in [4.69, 9.17) is 14.2 Å². The highest BCUT2D eigenvalue weighted by molar-refractivity contribution is 6.02. The molecule has 26 heavy (non-hydrogen) atoms. The number of rotatable bonds is 6. The van der Waals surface area contributed by atoms with Crippen LogP contribution < -0.4 is 24.3 Å². The molecule has 2 aromatic rings. The number of carbonyl (C=O) groups is 1. The fourth-order valence-electron chi connectivity index (χ4n) is 2.36. The van der Waals surface area contributed by atoms with Crippen LogP contribution in [0.1, 0.15) is 5.56 Å². The topological polar surface area (TPSA) is 66.0 Å². The van der Waals surface area contributed by atoms with Crippen LogP contribution in [0, 0.1) is 0 Å². The third-order valence-corrected chi connectivity index (χ3v) is 3.49. The van der Waals surface area contributed by atoms with Gasteiger partial charge in [-0.3, -0.25) is 4.79 Å². The van der Waals surface area contributed by atoms with Crippen LogP contribution >= 0.6 is 0 Å². The molecule has 1 amide bonds. The first-order valence-corrected chi connectivity index (χ1v) is 7.57. The average Bonchev–Trinajstić information content (AvgIpc) is 3.08. The standard InChI is InChI=1S/C18H15F2NO5/c1-23-14-4-2-3-11(17(14)26-18(19)20)5-8-16(22)21-12-6-7-13-15(9-12)25-10-24-13/h2-9,18H,10H2,1H3,(H,21,22)/b8-5+. The maximum atomic E-state index is 12.6. The van der Waals surface area contributed by atoms with Crippen LogP contribution in [0.3, 0.4) is 0 Å². The molecule has 0 unspecified atom stereocenters. The number of halogens is 2. The number of carbonyl (C=O) groups excluding carboxylic acids is 1. The molecule has 0 aliphatic carbocycles. The van der Waals surface area contributed by atoms with E-state index in [1.807, 2.05) is 0 Å². The van der Waals surface area contributed by atoms with Crippen LogP contribution in [-0.4, -0.2) is 26.4 Å². The van der Waals surface area contributed by atoms with Crippen molar-refractivity contribution < 1.29 is 32.5 Å². The zero-order chi connectivity index (χ0) is 18.5. The van der Waals surface area contributed by atoms with Crippen molar-refractivity contribution in [3.05, 3.63) is 48.0 Å². The molecule has 1 heterocycles. The van der Waals surface area contributed by atoms with Gasteiger partial charge in [0.15, 0.2) is 23.0 Å². The summed E-state index contributed by atoms with van der Waals surface area (Å²) in [5, 5.41) is 2.65. The first-order chi connectivity index (χ1) is 12.6. The third-order valence-electron chi connectivity index (χ3n) is 3.49. The number of amides is 1. The number of methoxy groups -OCH3 is 1. The number of alkyl halides is 2. The van der Waals surface area contributed by atoms with Gasteiger partial charge in [0.2, 0.25) is 12.7 Å². The van der Waals surface area contributed by atoms with Crippen molar-refractivity contribution in [2.45, 2.75) is 6.61 Å². The van der Waals surface area contributed by atoms with E-state index in [0.717, 1.165) is 0 Å². The van der Waals surface area contributed by atoms with Gasteiger partial charge in [-0.15, -0.1) is 0 Å². The van der Waals surface area contributed by atoms with Crippen LogP contribution in [0.25, 0.3) is 6.08 Å². The van der Waals surface area contributed by atoms with Gasteiger partial charge in [0.25, 0.3) is 0 Å². The molecule has 0 saturated heterocycles. The van der Waals surface area contributed by atoms with Crippen LogP contribution in [0.2, 0.25) is 0 Å². The van der Waals surface area contributed by atoms with E-state index in [1.165, 1.54) is 31.4 Å². The summed E-state index contributed by atoms with van der Waals surface area (Å²) in [6.45, 7) is -2.88. The number of para-hydroxylation sites is 1. The van der Waals surface area contributed by atoms with Gasteiger partial charge in [0.05, 0.1) is 7.11 Å². The minimum atomic E-state index is -3.01. The molecule has 0 spiro atoms. The fraction of sp³-hybridized carbons (Fsp3) is 0.167. The minimum Gasteiger partial charge on any atom is -0.493 e. The Kier molecular flexibility index (Phi) is 5.21. The molecule has 0 bridgehead atoms. The second kappa shape index (κ2) is 7.73. The molecule has 0 atom stereocenters. The summed E-state index contributed by atoms with van der Waals surface area (Å²) in [6, 6.07) is 9.60. The predicted molar refractivity (Wildman–Crippen MR) is 89.9 cm³/mol. The molecule has 0 fully saturated rings. The second-order valence-electron chi connectivity index (χ2n) is 5.15. The lowest BCUT2D eigenvalue weighted by Gasteiger charge is -2.12. The first kappa shape index (κ1) is 17.5. The Balaban J connectivity index is 1.74. The lowest BCUT2D eigenvalue weighted by Crippen LogP contribution is -2.08. The average molecular weight is 363 g/mol. The third kappa shape index (κ3) is 4.02. The number of hydrogen-bond acceptors (Lipinski definition) is 5. The number of anilines is 1. The smallest absolute Gasteiger partial charge is 0.387 e. The van der Waals surface area contributed by atoms with Crippen molar-refractivity contribution in [3.63, 3.8) is 0 Å². The molecule has 2 aromatic carbocycles.